The Hall–Kier alpha value is -2.50. The number of nitrogens with zero attached hydrogens (tertiary/aromatic N) is 3. The van der Waals surface area contributed by atoms with E-state index >= 15 is 0 Å². The highest BCUT2D eigenvalue weighted by molar-refractivity contribution is 5.72. The van der Waals surface area contributed by atoms with Gasteiger partial charge < -0.3 is 4.98 Å². The molecule has 6 nitrogen and oxygen atoms in total. The van der Waals surface area contributed by atoms with Crippen LogP contribution in [0.5, 0.6) is 0 Å². The fraction of sp³-hybridized carbons (Fsp3) is 0.231. The zero-order valence-corrected chi connectivity index (χ0v) is 10.6. The maximum atomic E-state index is 11.2. The maximum absolute atomic E-state index is 11.2. The highest BCUT2D eigenvalue weighted by atomic mass is 16.1. The van der Waals surface area contributed by atoms with Crippen LogP contribution in [0.15, 0.2) is 29.3 Å². The van der Waals surface area contributed by atoms with Gasteiger partial charge in [-0.05, 0) is 18.1 Å². The van der Waals surface area contributed by atoms with Crippen LogP contribution in [0.1, 0.15) is 25.5 Å². The summed E-state index contributed by atoms with van der Waals surface area (Å²) in [7, 11) is 0. The highest BCUT2D eigenvalue weighted by Gasteiger charge is 2.12. The molecule has 3 aromatic heterocycles. The molecule has 3 heterocycles. The molecule has 0 aliphatic rings. The highest BCUT2D eigenvalue weighted by Crippen LogP contribution is 2.24. The lowest BCUT2D eigenvalue weighted by molar-refractivity contribution is 0.823. The van der Waals surface area contributed by atoms with Crippen molar-refractivity contribution in [1.29, 1.82) is 0 Å². The standard InChI is InChI=1S/C13H13N5O/c1-7(2)10-8(4-3-5-14-10)11-15-6-9-12(17-11)18-13(19)16-9/h3-7H,1-2H3,(H2,15,16,17,18,19). The summed E-state index contributed by atoms with van der Waals surface area (Å²) in [6, 6.07) is 3.79. The molecule has 0 aromatic carbocycles. The van der Waals surface area contributed by atoms with E-state index < -0.39 is 0 Å². The van der Waals surface area contributed by atoms with Crippen LogP contribution < -0.4 is 5.69 Å². The van der Waals surface area contributed by atoms with Crippen molar-refractivity contribution in [3.63, 3.8) is 0 Å². The van der Waals surface area contributed by atoms with Crippen molar-refractivity contribution in [2.24, 2.45) is 0 Å². The minimum Gasteiger partial charge on any atom is -0.303 e. The molecular formula is C13H13N5O. The predicted octanol–water partition coefficient (Wildman–Crippen LogP) is 1.83. The molecule has 0 fully saturated rings. The van der Waals surface area contributed by atoms with Gasteiger partial charge in [0.05, 0.1) is 11.9 Å². The number of fused-ring (bicyclic) bond motifs is 1. The fourth-order valence-corrected chi connectivity index (χ4v) is 2.03. The van der Waals surface area contributed by atoms with E-state index in [4.69, 9.17) is 0 Å². The first-order valence-corrected chi connectivity index (χ1v) is 6.05. The van der Waals surface area contributed by atoms with Crippen LogP contribution in [0.2, 0.25) is 0 Å². The Bertz CT molecular complexity index is 787. The third-order valence-corrected chi connectivity index (χ3v) is 2.90. The molecule has 0 aliphatic carbocycles. The second kappa shape index (κ2) is 4.31. The van der Waals surface area contributed by atoms with Gasteiger partial charge in [0.25, 0.3) is 0 Å². The van der Waals surface area contributed by atoms with Crippen molar-refractivity contribution < 1.29 is 0 Å². The molecular weight excluding hydrogens is 242 g/mol. The van der Waals surface area contributed by atoms with E-state index in [0.717, 1.165) is 11.3 Å². The van der Waals surface area contributed by atoms with E-state index in [1.807, 2.05) is 12.1 Å². The topological polar surface area (TPSA) is 87.3 Å². The summed E-state index contributed by atoms with van der Waals surface area (Å²) in [6.45, 7) is 4.14. The molecule has 0 unspecified atom stereocenters. The van der Waals surface area contributed by atoms with Crippen molar-refractivity contribution in [2.45, 2.75) is 19.8 Å². The lowest BCUT2D eigenvalue weighted by atomic mass is 10.0. The summed E-state index contributed by atoms with van der Waals surface area (Å²) >= 11 is 0. The second-order valence-corrected chi connectivity index (χ2v) is 4.63. The number of pyridine rings is 1. The molecule has 0 saturated heterocycles. The quantitative estimate of drug-likeness (QED) is 0.731. The SMILES string of the molecule is CC(C)c1ncccc1-c1ncc2[nH]c(=O)[nH]c2n1. The third kappa shape index (κ3) is 2.01. The molecule has 0 atom stereocenters. The smallest absolute Gasteiger partial charge is 0.303 e. The van der Waals surface area contributed by atoms with Gasteiger partial charge in [0, 0.05) is 11.8 Å². The van der Waals surface area contributed by atoms with Gasteiger partial charge in [-0.25, -0.2) is 14.8 Å². The van der Waals surface area contributed by atoms with Crippen LogP contribution in [-0.2, 0) is 0 Å². The van der Waals surface area contributed by atoms with Crippen molar-refractivity contribution >= 4 is 11.2 Å². The first-order chi connectivity index (χ1) is 9.15. The monoisotopic (exact) mass is 255 g/mol. The van der Waals surface area contributed by atoms with E-state index in [1.165, 1.54) is 0 Å². The number of aromatic amines is 2. The van der Waals surface area contributed by atoms with Gasteiger partial charge >= 0.3 is 5.69 Å². The average Bonchev–Trinajstić information content (AvgIpc) is 2.77. The Kier molecular flexibility index (Phi) is 2.63. The molecule has 0 spiro atoms. The molecule has 3 rings (SSSR count). The maximum Gasteiger partial charge on any atom is 0.325 e. The van der Waals surface area contributed by atoms with Crippen LogP contribution in [0.4, 0.5) is 0 Å². The molecule has 0 amide bonds. The Labute approximate surface area is 109 Å². The number of nitrogens with one attached hydrogen (secondary N) is 2. The van der Waals surface area contributed by atoms with Gasteiger partial charge in [0.15, 0.2) is 11.5 Å². The van der Waals surface area contributed by atoms with Crippen LogP contribution >= 0.6 is 0 Å². The number of rotatable bonds is 2. The number of imidazole rings is 1. The molecule has 96 valence electrons. The number of hydrogen-bond acceptors (Lipinski definition) is 4. The minimum atomic E-state index is -0.281. The second-order valence-electron chi connectivity index (χ2n) is 4.63. The van der Waals surface area contributed by atoms with E-state index in [9.17, 15) is 4.79 Å². The Morgan fingerprint density at radius 2 is 2.05 bits per heavy atom. The predicted molar refractivity (Wildman–Crippen MR) is 71.8 cm³/mol. The largest absolute Gasteiger partial charge is 0.325 e. The van der Waals surface area contributed by atoms with Crippen molar-refractivity contribution in [3.05, 3.63) is 40.7 Å². The summed E-state index contributed by atoms with van der Waals surface area (Å²) in [5.74, 6) is 0.848. The minimum absolute atomic E-state index is 0.278. The molecule has 3 aromatic rings. The molecule has 19 heavy (non-hydrogen) atoms. The zero-order chi connectivity index (χ0) is 13.4. The number of hydrogen-bond donors (Lipinski definition) is 2. The van der Waals surface area contributed by atoms with Gasteiger partial charge in [-0.3, -0.25) is 9.97 Å². The van der Waals surface area contributed by atoms with E-state index in [1.54, 1.807) is 12.4 Å². The molecule has 0 aliphatic heterocycles. The summed E-state index contributed by atoms with van der Waals surface area (Å²) in [6.07, 6.45) is 3.36. The number of H-pyrrole nitrogens is 2. The fourth-order valence-electron chi connectivity index (χ4n) is 2.03. The van der Waals surface area contributed by atoms with Crippen molar-refractivity contribution in [3.8, 4) is 11.4 Å². The Morgan fingerprint density at radius 3 is 2.84 bits per heavy atom. The van der Waals surface area contributed by atoms with Gasteiger partial charge in [-0.1, -0.05) is 13.8 Å². The molecule has 0 saturated carbocycles. The van der Waals surface area contributed by atoms with Crippen LogP contribution in [-0.4, -0.2) is 24.9 Å². The molecule has 2 N–H and O–H groups in total. The van der Waals surface area contributed by atoms with Gasteiger partial charge in [0.1, 0.15) is 5.52 Å². The Balaban J connectivity index is 2.21. The van der Waals surface area contributed by atoms with Crippen LogP contribution in [0.3, 0.4) is 0 Å². The van der Waals surface area contributed by atoms with E-state index in [-0.39, 0.29) is 11.6 Å². The first-order valence-electron chi connectivity index (χ1n) is 6.05. The van der Waals surface area contributed by atoms with Crippen LogP contribution in [0, 0.1) is 0 Å². The van der Waals surface area contributed by atoms with Gasteiger partial charge in [0.2, 0.25) is 0 Å². The first kappa shape index (κ1) is 11.6. The molecule has 0 bridgehead atoms. The normalized spacial score (nSPS) is 11.3. The number of aromatic nitrogens is 5. The summed E-state index contributed by atoms with van der Waals surface area (Å²) in [4.78, 5) is 29.5. The van der Waals surface area contributed by atoms with Crippen molar-refractivity contribution in [1.82, 2.24) is 24.9 Å². The van der Waals surface area contributed by atoms with Crippen LogP contribution in [0.25, 0.3) is 22.6 Å². The average molecular weight is 255 g/mol. The van der Waals surface area contributed by atoms with E-state index in [2.05, 4.69) is 38.8 Å². The van der Waals surface area contributed by atoms with Gasteiger partial charge in [-0.15, -0.1) is 0 Å². The summed E-state index contributed by atoms with van der Waals surface area (Å²) < 4.78 is 0. The third-order valence-electron chi connectivity index (χ3n) is 2.90. The van der Waals surface area contributed by atoms with Crippen molar-refractivity contribution in [2.75, 3.05) is 0 Å². The molecule has 6 heteroatoms. The lowest BCUT2D eigenvalue weighted by Gasteiger charge is -2.09. The molecule has 0 radical (unpaired) electrons. The van der Waals surface area contributed by atoms with Gasteiger partial charge in [-0.2, -0.15) is 0 Å². The van der Waals surface area contributed by atoms with E-state index in [0.29, 0.717) is 17.0 Å². The Morgan fingerprint density at radius 1 is 1.21 bits per heavy atom. The summed E-state index contributed by atoms with van der Waals surface area (Å²) in [5, 5.41) is 0. The lowest BCUT2D eigenvalue weighted by Crippen LogP contribution is -2.00. The summed E-state index contributed by atoms with van der Waals surface area (Å²) in [5.41, 5.74) is 2.66. The zero-order valence-electron chi connectivity index (χ0n) is 10.6.